The summed E-state index contributed by atoms with van der Waals surface area (Å²) >= 11 is 0. The van der Waals surface area contributed by atoms with Crippen molar-refractivity contribution in [3.8, 4) is 17.2 Å². The van der Waals surface area contributed by atoms with Crippen molar-refractivity contribution in [1.29, 1.82) is 0 Å². The molecular formula is C24H32N2O5. The van der Waals surface area contributed by atoms with Crippen LogP contribution in [0.3, 0.4) is 0 Å². The molecule has 0 spiro atoms. The molecule has 7 heteroatoms. The number of benzene rings is 2. The highest BCUT2D eigenvalue weighted by Gasteiger charge is 2.20. The molecule has 0 aliphatic carbocycles. The number of amides is 2. The summed E-state index contributed by atoms with van der Waals surface area (Å²) < 4.78 is 17.1. The van der Waals surface area contributed by atoms with Crippen LogP contribution in [-0.4, -0.2) is 38.2 Å². The second-order valence-corrected chi connectivity index (χ2v) is 7.20. The Bertz CT molecular complexity index is 868. The maximum atomic E-state index is 13.0. The van der Waals surface area contributed by atoms with Crippen LogP contribution in [-0.2, 0) is 0 Å². The molecule has 0 saturated carbocycles. The Hall–Kier alpha value is -3.22. The Morgan fingerprint density at radius 3 is 2.00 bits per heavy atom. The lowest BCUT2D eigenvalue weighted by atomic mass is 10.1. The molecule has 0 radical (unpaired) electrons. The van der Waals surface area contributed by atoms with E-state index in [0.29, 0.717) is 66.3 Å². The van der Waals surface area contributed by atoms with E-state index in [2.05, 4.69) is 10.6 Å². The van der Waals surface area contributed by atoms with E-state index in [9.17, 15) is 9.59 Å². The predicted molar refractivity (Wildman–Crippen MR) is 122 cm³/mol. The number of carbonyl (C=O) groups is 2. The van der Waals surface area contributed by atoms with Crippen LogP contribution >= 0.6 is 0 Å². The molecule has 0 unspecified atom stereocenters. The topological polar surface area (TPSA) is 85.9 Å². The molecule has 0 bridgehead atoms. The Morgan fingerprint density at radius 1 is 0.871 bits per heavy atom. The molecule has 2 aromatic carbocycles. The highest BCUT2D eigenvalue weighted by molar-refractivity contribution is 6.09. The first-order chi connectivity index (χ1) is 14.9. The van der Waals surface area contributed by atoms with Crippen molar-refractivity contribution in [2.75, 3.05) is 31.7 Å². The van der Waals surface area contributed by atoms with Gasteiger partial charge in [0.1, 0.15) is 0 Å². The monoisotopic (exact) mass is 428 g/mol. The molecule has 2 N–H and O–H groups in total. The first-order valence-corrected chi connectivity index (χ1v) is 10.7. The van der Waals surface area contributed by atoms with Gasteiger partial charge in [0.25, 0.3) is 11.8 Å². The molecule has 0 aromatic heterocycles. The summed E-state index contributed by atoms with van der Waals surface area (Å²) in [5, 5.41) is 5.71. The minimum atomic E-state index is -0.380. The standard InChI is InChI=1S/C24H32N2O5/c1-6-29-20-13-17(14-21(30-7-2)22(20)31-8-3)23(27)26-19-12-10-9-11-18(19)24(28)25-15-16(4)5/h9-14,16H,6-8,15H2,1-5H3,(H,25,28)(H,26,27). The summed E-state index contributed by atoms with van der Waals surface area (Å²) in [6.45, 7) is 11.4. The molecular weight excluding hydrogens is 396 g/mol. The quantitative estimate of drug-likeness (QED) is 0.550. The zero-order valence-corrected chi connectivity index (χ0v) is 18.9. The van der Waals surface area contributed by atoms with Crippen molar-refractivity contribution in [2.45, 2.75) is 34.6 Å². The first-order valence-electron chi connectivity index (χ1n) is 10.7. The van der Waals surface area contributed by atoms with Crippen molar-refractivity contribution in [3.63, 3.8) is 0 Å². The molecule has 0 heterocycles. The normalized spacial score (nSPS) is 10.5. The second-order valence-electron chi connectivity index (χ2n) is 7.20. The molecule has 0 aliphatic rings. The maximum absolute atomic E-state index is 13.0. The average molecular weight is 429 g/mol. The molecule has 0 aliphatic heterocycles. The first kappa shape index (κ1) is 24.1. The number of rotatable bonds is 11. The number of anilines is 1. The smallest absolute Gasteiger partial charge is 0.255 e. The van der Waals surface area contributed by atoms with Gasteiger partial charge in [-0.15, -0.1) is 0 Å². The van der Waals surface area contributed by atoms with Gasteiger partial charge in [0.15, 0.2) is 11.5 Å². The largest absolute Gasteiger partial charge is 0.490 e. The van der Waals surface area contributed by atoms with Gasteiger partial charge in [-0.25, -0.2) is 0 Å². The van der Waals surface area contributed by atoms with Gasteiger partial charge in [0.05, 0.1) is 31.1 Å². The predicted octanol–water partition coefficient (Wildman–Crippen LogP) is 4.52. The third kappa shape index (κ3) is 6.64. The lowest BCUT2D eigenvalue weighted by Crippen LogP contribution is -2.28. The number of hydrogen-bond acceptors (Lipinski definition) is 5. The number of hydrogen-bond donors (Lipinski definition) is 2. The minimum Gasteiger partial charge on any atom is -0.490 e. The van der Waals surface area contributed by atoms with Crippen LogP contribution in [0, 0.1) is 5.92 Å². The molecule has 2 rings (SSSR count). The van der Waals surface area contributed by atoms with Gasteiger partial charge in [-0.3, -0.25) is 9.59 Å². The number of ether oxygens (including phenoxy) is 3. The summed E-state index contributed by atoms with van der Waals surface area (Å²) in [4.78, 5) is 25.6. The number of nitrogens with one attached hydrogen (secondary N) is 2. The van der Waals surface area contributed by atoms with E-state index in [1.165, 1.54) is 0 Å². The highest BCUT2D eigenvalue weighted by Crippen LogP contribution is 2.39. The molecule has 0 atom stereocenters. The van der Waals surface area contributed by atoms with Crippen LogP contribution in [0.5, 0.6) is 17.2 Å². The van der Waals surface area contributed by atoms with Crippen molar-refractivity contribution in [2.24, 2.45) is 5.92 Å². The Balaban J connectivity index is 2.34. The van der Waals surface area contributed by atoms with Crippen LogP contribution in [0.2, 0.25) is 0 Å². The fraction of sp³-hybridized carbons (Fsp3) is 0.417. The van der Waals surface area contributed by atoms with Crippen LogP contribution in [0.15, 0.2) is 36.4 Å². The lowest BCUT2D eigenvalue weighted by Gasteiger charge is -2.17. The Morgan fingerprint density at radius 2 is 1.45 bits per heavy atom. The molecule has 168 valence electrons. The molecule has 7 nitrogen and oxygen atoms in total. The van der Waals surface area contributed by atoms with Gasteiger partial charge in [0.2, 0.25) is 5.75 Å². The molecule has 2 aromatic rings. The lowest BCUT2D eigenvalue weighted by molar-refractivity contribution is 0.0950. The van der Waals surface area contributed by atoms with Gasteiger partial charge in [0, 0.05) is 12.1 Å². The third-order valence-corrected chi connectivity index (χ3v) is 4.26. The van der Waals surface area contributed by atoms with Crippen molar-refractivity contribution in [3.05, 3.63) is 47.5 Å². The van der Waals surface area contributed by atoms with E-state index in [1.54, 1.807) is 36.4 Å². The fourth-order valence-electron chi connectivity index (χ4n) is 2.90. The molecule has 0 saturated heterocycles. The van der Waals surface area contributed by atoms with Crippen LogP contribution < -0.4 is 24.8 Å². The summed E-state index contributed by atoms with van der Waals surface area (Å²) in [5.74, 6) is 1.04. The Kier molecular flexibility index (Phi) is 9.18. The van der Waals surface area contributed by atoms with Crippen molar-refractivity contribution < 1.29 is 23.8 Å². The van der Waals surface area contributed by atoms with Crippen LogP contribution in [0.25, 0.3) is 0 Å². The van der Waals surface area contributed by atoms with Gasteiger partial charge < -0.3 is 24.8 Å². The van der Waals surface area contributed by atoms with Gasteiger partial charge in [-0.2, -0.15) is 0 Å². The Labute approximate surface area is 184 Å². The minimum absolute atomic E-state index is 0.235. The highest BCUT2D eigenvalue weighted by atomic mass is 16.5. The summed E-state index contributed by atoms with van der Waals surface area (Å²) in [6, 6.07) is 10.1. The maximum Gasteiger partial charge on any atom is 0.255 e. The van der Waals surface area contributed by atoms with E-state index in [1.807, 2.05) is 34.6 Å². The van der Waals surface area contributed by atoms with Gasteiger partial charge in [-0.05, 0) is 51.0 Å². The summed E-state index contributed by atoms with van der Waals surface area (Å²) in [7, 11) is 0. The molecule has 0 fully saturated rings. The van der Waals surface area contributed by atoms with E-state index in [0.717, 1.165) is 0 Å². The van der Waals surface area contributed by atoms with Gasteiger partial charge in [-0.1, -0.05) is 26.0 Å². The second kappa shape index (κ2) is 11.8. The molecule has 31 heavy (non-hydrogen) atoms. The SMILES string of the molecule is CCOc1cc(C(=O)Nc2ccccc2C(=O)NCC(C)C)cc(OCC)c1OCC. The van der Waals surface area contributed by atoms with E-state index >= 15 is 0 Å². The van der Waals surface area contributed by atoms with Crippen molar-refractivity contribution >= 4 is 17.5 Å². The van der Waals surface area contributed by atoms with E-state index < -0.39 is 0 Å². The number of para-hydroxylation sites is 1. The molecule has 2 amide bonds. The summed E-state index contributed by atoms with van der Waals surface area (Å²) in [5.41, 5.74) is 1.17. The fourth-order valence-corrected chi connectivity index (χ4v) is 2.90. The zero-order chi connectivity index (χ0) is 22.8. The number of carbonyl (C=O) groups excluding carboxylic acids is 2. The van der Waals surface area contributed by atoms with Crippen LogP contribution in [0.1, 0.15) is 55.3 Å². The zero-order valence-electron chi connectivity index (χ0n) is 18.9. The average Bonchev–Trinajstić information content (AvgIpc) is 2.74. The summed E-state index contributed by atoms with van der Waals surface area (Å²) in [6.07, 6.45) is 0. The van der Waals surface area contributed by atoms with Crippen LogP contribution in [0.4, 0.5) is 5.69 Å². The van der Waals surface area contributed by atoms with Gasteiger partial charge >= 0.3 is 0 Å². The third-order valence-electron chi connectivity index (χ3n) is 4.26. The van der Waals surface area contributed by atoms with E-state index in [-0.39, 0.29) is 11.8 Å². The van der Waals surface area contributed by atoms with E-state index in [4.69, 9.17) is 14.2 Å². The van der Waals surface area contributed by atoms with Crippen molar-refractivity contribution in [1.82, 2.24) is 5.32 Å².